The fourth-order valence-electron chi connectivity index (χ4n) is 0.0986. The van der Waals surface area contributed by atoms with E-state index in [0.717, 1.165) is 5.57 Å². The number of hydrogen-bond donors (Lipinski definition) is 1. The topological polar surface area (TPSA) is 12.4 Å². The Morgan fingerprint density at radius 2 is 2.50 bits per heavy atom. The maximum atomic E-state index is 3.57. The Kier molecular flexibility index (Phi) is 2.85. The van der Waals surface area contributed by atoms with E-state index in [2.05, 4.69) is 23.8 Å². The number of hydrogen-bond acceptors (Lipinski definition) is 2. The fourth-order valence-corrected chi connectivity index (χ4v) is 0.296. The highest BCUT2D eigenvalue weighted by molar-refractivity contribution is 7.78. The van der Waals surface area contributed by atoms with Crippen LogP contribution in [0, 0.1) is 0 Å². The first-order chi connectivity index (χ1) is 2.77. The van der Waals surface area contributed by atoms with Crippen molar-refractivity contribution in [2.75, 3.05) is 0 Å². The molecule has 1 nitrogen and oxygen atoms in total. The van der Waals surface area contributed by atoms with Crippen LogP contribution in [0.1, 0.15) is 6.92 Å². The van der Waals surface area contributed by atoms with Gasteiger partial charge in [-0.3, -0.25) is 0 Å². The van der Waals surface area contributed by atoms with Gasteiger partial charge in [0.1, 0.15) is 0 Å². The second kappa shape index (κ2) is 2.97. The number of thiol groups is 1. The van der Waals surface area contributed by atoms with Crippen LogP contribution in [0.5, 0.6) is 0 Å². The van der Waals surface area contributed by atoms with Gasteiger partial charge >= 0.3 is 0 Å². The Hall–Kier alpha value is -0.240. The molecule has 0 saturated carbocycles. The maximum absolute atomic E-state index is 3.57. The van der Waals surface area contributed by atoms with E-state index in [1.807, 2.05) is 6.92 Å². The number of nitrogens with zero attached hydrogens (tertiary/aromatic N) is 1. The van der Waals surface area contributed by atoms with Crippen molar-refractivity contribution in [1.82, 2.24) is 0 Å². The van der Waals surface area contributed by atoms with E-state index in [0.29, 0.717) is 0 Å². The largest absolute Gasteiger partial charge is 0.228 e. The van der Waals surface area contributed by atoms with Gasteiger partial charge in [0.25, 0.3) is 0 Å². The Morgan fingerprint density at radius 3 is 2.50 bits per heavy atom. The summed E-state index contributed by atoms with van der Waals surface area (Å²) in [6, 6.07) is 0. The lowest BCUT2D eigenvalue weighted by Gasteiger charge is -1.74. The number of allylic oxidation sites excluding steroid dienone is 1. The Bertz CT molecular complexity index is 75.6. The molecule has 0 rings (SSSR count). The summed E-state index contributed by atoms with van der Waals surface area (Å²) in [5, 5.41) is 0. The van der Waals surface area contributed by atoms with Crippen LogP contribution >= 0.6 is 12.8 Å². The summed E-state index contributed by atoms with van der Waals surface area (Å²) in [6.07, 6.45) is 1.59. The van der Waals surface area contributed by atoms with Crippen LogP contribution in [-0.2, 0) is 0 Å². The third-order valence-corrected chi connectivity index (χ3v) is 0.394. The minimum Gasteiger partial charge on any atom is -0.228 e. The molecule has 0 aromatic heterocycles. The smallest absolute Gasteiger partial charge is 0.0371 e. The molecule has 2 heteroatoms. The van der Waals surface area contributed by atoms with E-state index in [-0.39, 0.29) is 0 Å². The Morgan fingerprint density at radius 1 is 2.00 bits per heavy atom. The molecule has 0 bridgehead atoms. The van der Waals surface area contributed by atoms with Crippen molar-refractivity contribution >= 4 is 19.0 Å². The second-order valence-corrected chi connectivity index (χ2v) is 1.32. The lowest BCUT2D eigenvalue weighted by molar-refractivity contribution is 1.66. The molecule has 0 aliphatic rings. The van der Waals surface area contributed by atoms with Gasteiger partial charge in [-0.15, -0.1) is 0 Å². The molecule has 0 aromatic carbocycles. The van der Waals surface area contributed by atoms with Crippen molar-refractivity contribution in [1.29, 1.82) is 0 Å². The molecule has 0 heterocycles. The Labute approximate surface area is 43.3 Å². The van der Waals surface area contributed by atoms with E-state index in [9.17, 15) is 0 Å². The van der Waals surface area contributed by atoms with Gasteiger partial charge in [-0.05, 0) is 25.3 Å². The third-order valence-electron chi connectivity index (χ3n) is 0.278. The van der Waals surface area contributed by atoms with Crippen molar-refractivity contribution in [2.24, 2.45) is 4.40 Å². The van der Waals surface area contributed by atoms with Gasteiger partial charge in [-0.2, -0.15) is 0 Å². The van der Waals surface area contributed by atoms with Gasteiger partial charge in [0, 0.05) is 6.21 Å². The summed E-state index contributed by atoms with van der Waals surface area (Å²) in [4.78, 5) is 0. The van der Waals surface area contributed by atoms with Gasteiger partial charge in [-0.25, -0.2) is 4.40 Å². The van der Waals surface area contributed by atoms with Gasteiger partial charge < -0.3 is 0 Å². The highest BCUT2D eigenvalue weighted by Gasteiger charge is 1.65. The molecular weight excluding hydrogens is 94.1 g/mol. The zero-order valence-electron chi connectivity index (χ0n) is 3.68. The van der Waals surface area contributed by atoms with Gasteiger partial charge in [0.15, 0.2) is 0 Å². The highest BCUT2D eigenvalue weighted by atomic mass is 32.1. The first-order valence-corrected chi connectivity index (χ1v) is 2.00. The summed E-state index contributed by atoms with van der Waals surface area (Å²) >= 11 is 3.57. The lowest BCUT2D eigenvalue weighted by atomic mass is 10.4. The summed E-state index contributed by atoms with van der Waals surface area (Å²) in [5.74, 6) is 0. The summed E-state index contributed by atoms with van der Waals surface area (Å²) in [7, 11) is 0. The molecule has 0 fully saturated rings. The SMILES string of the molecule is C=C(C)/C=N\S. The Balaban J connectivity index is 3.30. The molecule has 0 radical (unpaired) electrons. The van der Waals surface area contributed by atoms with E-state index >= 15 is 0 Å². The lowest BCUT2D eigenvalue weighted by Crippen LogP contribution is -1.65. The normalized spacial score (nSPS) is 9.67. The van der Waals surface area contributed by atoms with E-state index < -0.39 is 0 Å². The maximum Gasteiger partial charge on any atom is 0.0371 e. The summed E-state index contributed by atoms with van der Waals surface area (Å²) < 4.78 is 3.41. The third kappa shape index (κ3) is 3.76. The molecule has 6 heavy (non-hydrogen) atoms. The first kappa shape index (κ1) is 5.76. The van der Waals surface area contributed by atoms with Crippen LogP contribution in [0.4, 0.5) is 0 Å². The molecule has 0 aliphatic heterocycles. The van der Waals surface area contributed by atoms with E-state index in [1.54, 1.807) is 6.21 Å². The molecule has 0 spiro atoms. The first-order valence-electron chi connectivity index (χ1n) is 1.60. The van der Waals surface area contributed by atoms with E-state index in [4.69, 9.17) is 0 Å². The van der Waals surface area contributed by atoms with E-state index in [1.165, 1.54) is 0 Å². The van der Waals surface area contributed by atoms with Crippen LogP contribution in [0.2, 0.25) is 0 Å². The minimum absolute atomic E-state index is 0.921. The molecule has 34 valence electrons. The van der Waals surface area contributed by atoms with Crippen LogP contribution in [0.15, 0.2) is 16.5 Å². The average molecular weight is 101 g/mol. The standard InChI is InChI=1S/C4H7NS/c1-4(2)3-5-6/h3,6H,1H2,2H3/b5-3-. The van der Waals surface area contributed by atoms with Crippen molar-refractivity contribution in [2.45, 2.75) is 6.92 Å². The molecule has 0 atom stereocenters. The van der Waals surface area contributed by atoms with Crippen LogP contribution in [0.25, 0.3) is 0 Å². The quantitative estimate of drug-likeness (QED) is 0.379. The number of rotatable bonds is 1. The predicted molar refractivity (Wildman–Crippen MR) is 32.3 cm³/mol. The monoisotopic (exact) mass is 101 g/mol. The van der Waals surface area contributed by atoms with Crippen molar-refractivity contribution in [3.8, 4) is 0 Å². The highest BCUT2D eigenvalue weighted by Crippen LogP contribution is 1.79. The molecule has 0 unspecified atom stereocenters. The van der Waals surface area contributed by atoms with Gasteiger partial charge in [0.2, 0.25) is 0 Å². The van der Waals surface area contributed by atoms with Crippen molar-refractivity contribution < 1.29 is 0 Å². The minimum atomic E-state index is 0.921. The zero-order chi connectivity index (χ0) is 4.99. The summed E-state index contributed by atoms with van der Waals surface area (Å²) in [6.45, 7) is 5.41. The summed E-state index contributed by atoms with van der Waals surface area (Å²) in [5.41, 5.74) is 0.921. The molecule has 0 N–H and O–H groups in total. The fraction of sp³-hybridized carbons (Fsp3) is 0.250. The molecule has 0 aliphatic carbocycles. The zero-order valence-corrected chi connectivity index (χ0v) is 4.57. The molecular formula is C4H7NS. The van der Waals surface area contributed by atoms with Crippen LogP contribution in [-0.4, -0.2) is 6.21 Å². The van der Waals surface area contributed by atoms with Crippen LogP contribution in [0.3, 0.4) is 0 Å². The van der Waals surface area contributed by atoms with Gasteiger partial charge in [-0.1, -0.05) is 6.58 Å². The van der Waals surface area contributed by atoms with Crippen molar-refractivity contribution in [3.63, 3.8) is 0 Å². The van der Waals surface area contributed by atoms with Gasteiger partial charge in [0.05, 0.1) is 0 Å². The molecule has 0 aromatic rings. The average Bonchev–Trinajstić information content (AvgIpc) is 1.35. The second-order valence-electron chi connectivity index (χ2n) is 1.09. The van der Waals surface area contributed by atoms with Crippen molar-refractivity contribution in [3.05, 3.63) is 12.2 Å². The molecule has 0 saturated heterocycles. The van der Waals surface area contributed by atoms with Crippen LogP contribution < -0.4 is 0 Å². The predicted octanol–water partition coefficient (Wildman–Crippen LogP) is 1.48. The molecule has 0 amide bonds.